The molecule has 0 fully saturated rings. The van der Waals surface area contributed by atoms with Crippen molar-refractivity contribution in [2.75, 3.05) is 6.61 Å². The van der Waals surface area contributed by atoms with Crippen molar-refractivity contribution in [1.29, 1.82) is 0 Å². The predicted octanol–water partition coefficient (Wildman–Crippen LogP) is 2.98. The first-order valence-electron chi connectivity index (χ1n) is 6.43. The lowest BCUT2D eigenvalue weighted by atomic mass is 9.95. The molecule has 0 aliphatic heterocycles. The van der Waals surface area contributed by atoms with Gasteiger partial charge in [0.2, 0.25) is 0 Å². The Kier molecular flexibility index (Phi) is 6.77. The molecule has 1 aliphatic rings. The van der Waals surface area contributed by atoms with E-state index in [1.165, 1.54) is 6.08 Å². The highest BCUT2D eigenvalue weighted by Crippen LogP contribution is 2.15. The fourth-order valence-electron chi connectivity index (χ4n) is 1.64. The van der Waals surface area contributed by atoms with E-state index in [-0.39, 0.29) is 17.7 Å². The van der Waals surface area contributed by atoms with Crippen LogP contribution in [0.4, 0.5) is 0 Å². The van der Waals surface area contributed by atoms with Gasteiger partial charge in [-0.2, -0.15) is 0 Å². The molecule has 3 heteroatoms. The molecule has 0 bridgehead atoms. The second kappa shape index (κ2) is 8.45. The van der Waals surface area contributed by atoms with E-state index >= 15 is 0 Å². The maximum absolute atomic E-state index is 11.4. The molecule has 0 radical (unpaired) electrons. The second-order valence-electron chi connectivity index (χ2n) is 4.22. The number of hydrogen-bond donors (Lipinski definition) is 0. The van der Waals surface area contributed by atoms with Gasteiger partial charge < -0.3 is 4.74 Å². The SMILES string of the molecule is CCC=CCCOC(=O)C=CC1C=CC(=O)CC1. The van der Waals surface area contributed by atoms with Crippen LogP contribution in [0.25, 0.3) is 0 Å². The molecular formula is C15H20O3. The summed E-state index contributed by atoms with van der Waals surface area (Å²) < 4.78 is 5.03. The molecule has 3 nitrogen and oxygen atoms in total. The quantitative estimate of drug-likeness (QED) is 0.314. The summed E-state index contributed by atoms with van der Waals surface area (Å²) in [6.07, 6.45) is 13.8. The topological polar surface area (TPSA) is 43.4 Å². The fraction of sp³-hybridized carbons (Fsp3) is 0.467. The number of carbonyl (C=O) groups excluding carboxylic acids is 2. The summed E-state index contributed by atoms with van der Waals surface area (Å²) in [6.45, 7) is 2.48. The van der Waals surface area contributed by atoms with Gasteiger partial charge in [0.1, 0.15) is 0 Å². The summed E-state index contributed by atoms with van der Waals surface area (Å²) in [6, 6.07) is 0. The summed E-state index contributed by atoms with van der Waals surface area (Å²) in [7, 11) is 0. The van der Waals surface area contributed by atoms with E-state index in [1.807, 2.05) is 18.2 Å². The van der Waals surface area contributed by atoms with E-state index in [1.54, 1.807) is 12.2 Å². The van der Waals surface area contributed by atoms with Crippen LogP contribution in [-0.2, 0) is 14.3 Å². The highest BCUT2D eigenvalue weighted by Gasteiger charge is 2.10. The van der Waals surface area contributed by atoms with Crippen LogP contribution < -0.4 is 0 Å². The lowest BCUT2D eigenvalue weighted by Crippen LogP contribution is -2.07. The number of ether oxygens (including phenoxy) is 1. The Labute approximate surface area is 108 Å². The zero-order valence-electron chi connectivity index (χ0n) is 10.8. The molecule has 1 rings (SSSR count). The number of carbonyl (C=O) groups is 2. The lowest BCUT2D eigenvalue weighted by molar-refractivity contribution is -0.137. The largest absolute Gasteiger partial charge is 0.462 e. The Bertz CT molecular complexity index is 364. The van der Waals surface area contributed by atoms with Crippen molar-refractivity contribution in [2.45, 2.75) is 32.6 Å². The fourth-order valence-corrected chi connectivity index (χ4v) is 1.64. The Morgan fingerprint density at radius 3 is 3.00 bits per heavy atom. The van der Waals surface area contributed by atoms with Crippen LogP contribution >= 0.6 is 0 Å². The summed E-state index contributed by atoms with van der Waals surface area (Å²) in [5.41, 5.74) is 0. The maximum Gasteiger partial charge on any atom is 0.330 e. The highest BCUT2D eigenvalue weighted by molar-refractivity contribution is 5.90. The van der Waals surface area contributed by atoms with Crippen molar-refractivity contribution in [2.24, 2.45) is 5.92 Å². The van der Waals surface area contributed by atoms with Gasteiger partial charge in [-0.1, -0.05) is 31.2 Å². The monoisotopic (exact) mass is 248 g/mol. The molecule has 1 atom stereocenters. The molecule has 0 amide bonds. The molecule has 1 aliphatic carbocycles. The molecule has 18 heavy (non-hydrogen) atoms. The number of hydrogen-bond acceptors (Lipinski definition) is 3. The number of ketones is 1. The number of allylic oxidation sites excluding steroid dienone is 4. The van der Waals surface area contributed by atoms with Gasteiger partial charge in [-0.05, 0) is 31.3 Å². The number of rotatable bonds is 6. The first-order chi connectivity index (χ1) is 8.72. The van der Waals surface area contributed by atoms with Gasteiger partial charge in [0.25, 0.3) is 0 Å². The molecule has 0 saturated carbocycles. The molecule has 0 aromatic heterocycles. The Balaban J connectivity index is 2.21. The van der Waals surface area contributed by atoms with Crippen LogP contribution in [0.5, 0.6) is 0 Å². The van der Waals surface area contributed by atoms with Gasteiger partial charge in [-0.25, -0.2) is 4.79 Å². The zero-order chi connectivity index (χ0) is 13.2. The van der Waals surface area contributed by atoms with Crippen LogP contribution in [0.1, 0.15) is 32.6 Å². The average molecular weight is 248 g/mol. The Morgan fingerprint density at radius 1 is 1.50 bits per heavy atom. The second-order valence-corrected chi connectivity index (χ2v) is 4.22. The van der Waals surface area contributed by atoms with Gasteiger partial charge >= 0.3 is 5.97 Å². The molecule has 98 valence electrons. The van der Waals surface area contributed by atoms with Crippen LogP contribution in [0.2, 0.25) is 0 Å². The molecule has 0 spiro atoms. The van der Waals surface area contributed by atoms with Crippen molar-refractivity contribution in [3.8, 4) is 0 Å². The lowest BCUT2D eigenvalue weighted by Gasteiger charge is -2.10. The molecule has 0 saturated heterocycles. The van der Waals surface area contributed by atoms with Crippen molar-refractivity contribution in [3.63, 3.8) is 0 Å². The van der Waals surface area contributed by atoms with Crippen molar-refractivity contribution in [1.82, 2.24) is 0 Å². The molecule has 1 unspecified atom stereocenters. The van der Waals surface area contributed by atoms with Gasteiger partial charge in [0, 0.05) is 12.5 Å². The normalized spacial score (nSPS) is 19.8. The molecule has 0 aromatic rings. The predicted molar refractivity (Wildman–Crippen MR) is 71.0 cm³/mol. The third-order valence-electron chi connectivity index (χ3n) is 2.66. The van der Waals surface area contributed by atoms with E-state index in [0.717, 1.165) is 19.3 Å². The highest BCUT2D eigenvalue weighted by atomic mass is 16.5. The van der Waals surface area contributed by atoms with Gasteiger partial charge in [0.05, 0.1) is 6.61 Å². The first-order valence-corrected chi connectivity index (χ1v) is 6.43. The Hall–Kier alpha value is -1.64. The van der Waals surface area contributed by atoms with E-state index < -0.39 is 0 Å². The summed E-state index contributed by atoms with van der Waals surface area (Å²) in [5, 5.41) is 0. The van der Waals surface area contributed by atoms with Crippen molar-refractivity contribution < 1.29 is 14.3 Å². The van der Waals surface area contributed by atoms with Crippen LogP contribution in [0.15, 0.2) is 36.5 Å². The van der Waals surface area contributed by atoms with Crippen LogP contribution in [-0.4, -0.2) is 18.4 Å². The minimum atomic E-state index is -0.315. The van der Waals surface area contributed by atoms with Crippen molar-refractivity contribution in [3.05, 3.63) is 36.5 Å². The maximum atomic E-state index is 11.4. The third kappa shape index (κ3) is 6.18. The van der Waals surface area contributed by atoms with Gasteiger partial charge in [-0.3, -0.25) is 4.79 Å². The third-order valence-corrected chi connectivity index (χ3v) is 2.66. The van der Waals surface area contributed by atoms with Gasteiger partial charge in [0.15, 0.2) is 5.78 Å². The van der Waals surface area contributed by atoms with Crippen LogP contribution in [0.3, 0.4) is 0 Å². The van der Waals surface area contributed by atoms with Crippen LogP contribution in [0, 0.1) is 5.92 Å². The molecule has 0 heterocycles. The van der Waals surface area contributed by atoms with Gasteiger partial charge in [-0.15, -0.1) is 0 Å². The molecular weight excluding hydrogens is 228 g/mol. The van der Waals surface area contributed by atoms with E-state index in [4.69, 9.17) is 4.74 Å². The van der Waals surface area contributed by atoms with Crippen molar-refractivity contribution >= 4 is 11.8 Å². The minimum absolute atomic E-state index is 0.157. The number of esters is 1. The summed E-state index contributed by atoms with van der Waals surface area (Å²) in [5.74, 6) is 0.0189. The molecule has 0 aromatic carbocycles. The van der Waals surface area contributed by atoms with E-state index in [2.05, 4.69) is 6.92 Å². The van der Waals surface area contributed by atoms with E-state index in [0.29, 0.717) is 13.0 Å². The standard InChI is InChI=1S/C15H20O3/c1-2-3-4-5-12-18-15(17)11-8-13-6-9-14(16)10-7-13/h3-4,6,8-9,11,13H,2,5,7,10,12H2,1H3. The average Bonchev–Trinajstić information content (AvgIpc) is 2.38. The molecule has 0 N–H and O–H groups in total. The van der Waals surface area contributed by atoms with E-state index in [9.17, 15) is 9.59 Å². The minimum Gasteiger partial charge on any atom is -0.462 e. The summed E-state index contributed by atoms with van der Waals surface area (Å²) in [4.78, 5) is 22.3. The Morgan fingerprint density at radius 2 is 2.33 bits per heavy atom. The summed E-state index contributed by atoms with van der Waals surface area (Å²) >= 11 is 0. The smallest absolute Gasteiger partial charge is 0.330 e. The zero-order valence-corrected chi connectivity index (χ0v) is 10.8. The first kappa shape index (κ1) is 14.4.